The molecule has 0 bridgehead atoms. The Hall–Kier alpha value is -3.80. The topological polar surface area (TPSA) is 148 Å². The number of hydrogen-bond acceptors (Lipinski definition) is 6. The van der Waals surface area contributed by atoms with Crippen LogP contribution >= 0.6 is 0 Å². The number of unbranched alkanes of at least 4 members (excludes halogenated alkanes) is 1. The summed E-state index contributed by atoms with van der Waals surface area (Å²) < 4.78 is 25.5. The van der Waals surface area contributed by atoms with Crippen LogP contribution in [0.2, 0.25) is 0 Å². The number of thiol groups is 1. The second kappa shape index (κ2) is 14.7. The van der Waals surface area contributed by atoms with Crippen molar-refractivity contribution in [1.82, 2.24) is 16.0 Å². The number of carboxylic acid groups (broad SMARTS) is 1. The average molecular weight is 534 g/mol. The molecule has 12 heteroatoms. The molecule has 0 radical (unpaired) electrons. The van der Waals surface area contributed by atoms with Gasteiger partial charge in [0.25, 0.3) is 0 Å². The average Bonchev–Trinajstić information content (AvgIpc) is 2.86. The highest BCUT2D eigenvalue weighted by molar-refractivity contribution is 7.74. The molecule has 0 aliphatic rings. The Bertz CT molecular complexity index is 1180. The number of fused-ring (bicyclic) bond motifs is 1. The number of nitrogens with one attached hydrogen (secondary N) is 3. The SMILES string of the molecule is C=CC(=O)NCCCCC(NC(=O)O)C(=O)NCCCN(c1cccc2c(N(C)C)cccc12)[SH](=O)=O. The van der Waals surface area contributed by atoms with Crippen molar-refractivity contribution in [3.63, 3.8) is 0 Å². The molecule has 0 heterocycles. The van der Waals surface area contributed by atoms with Crippen molar-refractivity contribution in [2.45, 2.75) is 31.7 Å². The van der Waals surface area contributed by atoms with Crippen LogP contribution in [-0.4, -0.2) is 71.2 Å². The normalized spacial score (nSPS) is 11.5. The minimum atomic E-state index is -2.93. The van der Waals surface area contributed by atoms with Gasteiger partial charge in [0.05, 0.1) is 5.69 Å². The predicted molar refractivity (Wildman–Crippen MR) is 146 cm³/mol. The molecule has 2 rings (SSSR count). The number of nitrogens with zero attached hydrogens (tertiary/aromatic N) is 2. The van der Waals surface area contributed by atoms with E-state index in [0.717, 1.165) is 22.5 Å². The zero-order chi connectivity index (χ0) is 27.4. The Kier molecular flexibility index (Phi) is 11.7. The molecule has 0 spiro atoms. The molecular formula is C25H35N5O6S. The summed E-state index contributed by atoms with van der Waals surface area (Å²) in [5.74, 6) is -0.787. The third-order valence-electron chi connectivity index (χ3n) is 5.70. The van der Waals surface area contributed by atoms with Gasteiger partial charge in [-0.2, -0.15) is 0 Å². The van der Waals surface area contributed by atoms with Crippen molar-refractivity contribution in [1.29, 1.82) is 0 Å². The Labute approximate surface area is 218 Å². The molecule has 0 aliphatic heterocycles. The standard InChI is InChI=1S/C25H35N5O6S/c1-4-23(31)26-15-6-5-12-20(28-25(33)34)24(32)27-16-9-17-30(37(35)36)22-14-8-10-18-19(22)11-7-13-21(18)29(2)3/h4,7-8,10-11,13-14,20,28,37H,1,5-6,9,12,15-17H2,2-3H3,(H,26,31)(H,27,32)(H,33,34). The van der Waals surface area contributed by atoms with Crippen LogP contribution in [0.5, 0.6) is 0 Å². The maximum Gasteiger partial charge on any atom is 0.405 e. The molecule has 0 saturated carbocycles. The van der Waals surface area contributed by atoms with E-state index in [9.17, 15) is 22.8 Å². The van der Waals surface area contributed by atoms with Crippen molar-refractivity contribution < 1.29 is 27.9 Å². The summed E-state index contributed by atoms with van der Waals surface area (Å²) in [4.78, 5) is 36.8. The first-order chi connectivity index (χ1) is 17.6. The van der Waals surface area contributed by atoms with Crippen LogP contribution < -0.4 is 25.2 Å². The van der Waals surface area contributed by atoms with E-state index in [1.807, 2.05) is 49.3 Å². The van der Waals surface area contributed by atoms with E-state index in [1.54, 1.807) is 6.07 Å². The predicted octanol–water partition coefficient (Wildman–Crippen LogP) is 1.85. The van der Waals surface area contributed by atoms with Crippen LogP contribution in [0.1, 0.15) is 25.7 Å². The van der Waals surface area contributed by atoms with Crippen molar-refractivity contribution in [3.8, 4) is 0 Å². The summed E-state index contributed by atoms with van der Waals surface area (Å²) in [5, 5.41) is 18.3. The Balaban J connectivity index is 1.97. The molecule has 1 atom stereocenters. The highest BCUT2D eigenvalue weighted by Crippen LogP contribution is 2.32. The van der Waals surface area contributed by atoms with E-state index in [0.29, 0.717) is 31.5 Å². The van der Waals surface area contributed by atoms with E-state index in [2.05, 4.69) is 22.5 Å². The van der Waals surface area contributed by atoms with E-state index < -0.39 is 28.9 Å². The first-order valence-corrected chi connectivity index (χ1v) is 13.1. The van der Waals surface area contributed by atoms with Gasteiger partial charge in [0, 0.05) is 50.2 Å². The first-order valence-electron chi connectivity index (χ1n) is 11.9. The lowest BCUT2D eigenvalue weighted by Crippen LogP contribution is -2.46. The quantitative estimate of drug-likeness (QED) is 0.133. The number of hydrogen-bond donors (Lipinski definition) is 5. The summed E-state index contributed by atoms with van der Waals surface area (Å²) in [6.45, 7) is 4.06. The third-order valence-corrected chi connectivity index (χ3v) is 6.51. The van der Waals surface area contributed by atoms with Gasteiger partial charge in [-0.1, -0.05) is 30.8 Å². The Morgan fingerprint density at radius 2 is 1.59 bits per heavy atom. The van der Waals surface area contributed by atoms with Crippen molar-refractivity contribution in [2.24, 2.45) is 0 Å². The second-order valence-corrected chi connectivity index (χ2v) is 9.50. The van der Waals surface area contributed by atoms with Gasteiger partial charge in [0.1, 0.15) is 6.04 Å². The Morgan fingerprint density at radius 3 is 2.19 bits per heavy atom. The monoisotopic (exact) mass is 533 g/mol. The smallest absolute Gasteiger partial charge is 0.405 e. The Morgan fingerprint density at radius 1 is 0.973 bits per heavy atom. The van der Waals surface area contributed by atoms with Crippen molar-refractivity contribution in [2.75, 3.05) is 42.9 Å². The maximum absolute atomic E-state index is 12.6. The number of anilines is 2. The summed E-state index contributed by atoms with van der Waals surface area (Å²) in [7, 11) is 0.908. The van der Waals surface area contributed by atoms with Crippen molar-refractivity contribution >= 4 is 50.9 Å². The van der Waals surface area contributed by atoms with Gasteiger partial charge < -0.3 is 26.0 Å². The summed E-state index contributed by atoms with van der Waals surface area (Å²) in [6.07, 6.45) is 1.50. The summed E-state index contributed by atoms with van der Waals surface area (Å²) >= 11 is 0. The highest BCUT2D eigenvalue weighted by Gasteiger charge is 2.20. The van der Waals surface area contributed by atoms with E-state index >= 15 is 0 Å². The number of carbonyl (C=O) groups is 3. The van der Waals surface area contributed by atoms with Gasteiger partial charge >= 0.3 is 6.09 Å². The molecule has 2 aromatic rings. The fourth-order valence-electron chi connectivity index (χ4n) is 3.92. The van der Waals surface area contributed by atoms with Gasteiger partial charge in [-0.15, -0.1) is 0 Å². The van der Waals surface area contributed by atoms with Crippen LogP contribution in [0.4, 0.5) is 16.2 Å². The molecule has 202 valence electrons. The lowest BCUT2D eigenvalue weighted by Gasteiger charge is -2.22. The van der Waals surface area contributed by atoms with Crippen LogP contribution in [0.25, 0.3) is 10.8 Å². The summed E-state index contributed by atoms with van der Waals surface area (Å²) in [5.41, 5.74) is 1.52. The van der Waals surface area contributed by atoms with Crippen LogP contribution in [0.15, 0.2) is 49.1 Å². The lowest BCUT2D eigenvalue weighted by molar-refractivity contribution is -0.123. The molecule has 0 fully saturated rings. The molecule has 2 aromatic carbocycles. The third kappa shape index (κ3) is 8.98. The minimum Gasteiger partial charge on any atom is -0.465 e. The van der Waals surface area contributed by atoms with Gasteiger partial charge in [0.2, 0.25) is 22.7 Å². The van der Waals surface area contributed by atoms with Gasteiger partial charge in [0.15, 0.2) is 0 Å². The molecule has 0 aliphatic carbocycles. The number of rotatable bonds is 15. The number of benzene rings is 2. The van der Waals surface area contributed by atoms with E-state index in [4.69, 9.17) is 5.11 Å². The number of amides is 3. The van der Waals surface area contributed by atoms with Gasteiger partial charge in [-0.25, -0.2) is 13.2 Å². The van der Waals surface area contributed by atoms with Crippen LogP contribution in [0, 0.1) is 0 Å². The highest BCUT2D eigenvalue weighted by atomic mass is 32.2. The van der Waals surface area contributed by atoms with E-state index in [1.165, 1.54) is 4.31 Å². The lowest BCUT2D eigenvalue weighted by atomic mass is 10.1. The molecule has 1 unspecified atom stereocenters. The summed E-state index contributed by atoms with van der Waals surface area (Å²) in [6, 6.07) is 10.2. The van der Waals surface area contributed by atoms with Crippen LogP contribution in [0.3, 0.4) is 0 Å². The van der Waals surface area contributed by atoms with E-state index in [-0.39, 0.29) is 25.4 Å². The molecule has 11 nitrogen and oxygen atoms in total. The molecule has 37 heavy (non-hydrogen) atoms. The largest absolute Gasteiger partial charge is 0.465 e. The molecule has 0 aromatic heterocycles. The zero-order valence-corrected chi connectivity index (χ0v) is 22.0. The second-order valence-electron chi connectivity index (χ2n) is 8.54. The fraction of sp³-hybridized carbons (Fsp3) is 0.400. The van der Waals surface area contributed by atoms with Gasteiger partial charge in [-0.05, 0) is 43.9 Å². The zero-order valence-electron chi connectivity index (χ0n) is 21.1. The first kappa shape index (κ1) is 29.4. The minimum absolute atomic E-state index is 0.143. The fourth-order valence-corrected chi connectivity index (χ4v) is 4.58. The van der Waals surface area contributed by atoms with Crippen molar-refractivity contribution in [3.05, 3.63) is 49.1 Å². The number of carbonyl (C=O) groups excluding carboxylic acids is 2. The molecular weight excluding hydrogens is 498 g/mol. The molecule has 0 saturated heterocycles. The molecule has 3 amide bonds. The van der Waals surface area contributed by atoms with Crippen LogP contribution in [-0.2, 0) is 20.5 Å². The molecule has 4 N–H and O–H groups in total. The maximum atomic E-state index is 12.6. The van der Waals surface area contributed by atoms with Gasteiger partial charge in [-0.3, -0.25) is 13.9 Å².